The molecule has 0 fully saturated rings. The molecule has 0 spiro atoms. The van der Waals surface area contributed by atoms with Crippen LogP contribution < -0.4 is 5.32 Å². The van der Waals surface area contributed by atoms with Crippen molar-refractivity contribution in [1.82, 2.24) is 5.32 Å². The minimum absolute atomic E-state index is 0.126. The van der Waals surface area contributed by atoms with E-state index in [0.717, 1.165) is 5.56 Å². The van der Waals surface area contributed by atoms with E-state index >= 15 is 0 Å². The van der Waals surface area contributed by atoms with E-state index in [0.29, 0.717) is 0 Å². The maximum absolute atomic E-state index is 13.3. The molecule has 5 heteroatoms. The SMILES string of the molecule is CC(C)(NCC(F)COSO)c1ccccc1. The highest BCUT2D eigenvalue weighted by Crippen LogP contribution is 2.19. The molecular formula is C12H18FNO2S. The molecule has 0 saturated heterocycles. The summed E-state index contributed by atoms with van der Waals surface area (Å²) in [5, 5.41) is 3.14. The minimum atomic E-state index is -1.14. The molecule has 0 amide bonds. The third kappa shape index (κ3) is 5.04. The monoisotopic (exact) mass is 259 g/mol. The van der Waals surface area contributed by atoms with Gasteiger partial charge in [-0.1, -0.05) is 30.3 Å². The lowest BCUT2D eigenvalue weighted by molar-refractivity contribution is 0.192. The minimum Gasteiger partial charge on any atom is -0.307 e. The van der Waals surface area contributed by atoms with Gasteiger partial charge in [0.2, 0.25) is 0 Å². The molecule has 0 aliphatic rings. The average molecular weight is 259 g/mol. The zero-order valence-electron chi connectivity index (χ0n) is 10.0. The van der Waals surface area contributed by atoms with Crippen LogP contribution in [0.5, 0.6) is 0 Å². The summed E-state index contributed by atoms with van der Waals surface area (Å²) >= 11 is 0.192. The van der Waals surface area contributed by atoms with E-state index in [1.54, 1.807) is 0 Å². The Morgan fingerprint density at radius 1 is 1.41 bits per heavy atom. The first kappa shape index (κ1) is 14.4. The fourth-order valence-corrected chi connectivity index (χ4v) is 1.69. The Balaban J connectivity index is 2.45. The normalized spacial score (nSPS) is 13.6. The summed E-state index contributed by atoms with van der Waals surface area (Å²) in [5.74, 6) is 0. The van der Waals surface area contributed by atoms with Gasteiger partial charge in [-0.3, -0.25) is 4.18 Å². The van der Waals surface area contributed by atoms with E-state index in [9.17, 15) is 4.39 Å². The number of halogens is 1. The van der Waals surface area contributed by atoms with E-state index < -0.39 is 6.17 Å². The number of rotatable bonds is 7. The molecule has 17 heavy (non-hydrogen) atoms. The second-order valence-corrected chi connectivity index (χ2v) is 4.71. The van der Waals surface area contributed by atoms with Crippen molar-refractivity contribution in [2.24, 2.45) is 0 Å². The Bertz CT molecular complexity index is 322. The van der Waals surface area contributed by atoms with Crippen LogP contribution >= 0.6 is 12.3 Å². The van der Waals surface area contributed by atoms with Crippen LogP contribution in [0.2, 0.25) is 0 Å². The first-order valence-electron chi connectivity index (χ1n) is 5.44. The van der Waals surface area contributed by atoms with Crippen molar-refractivity contribution in [2.75, 3.05) is 13.2 Å². The Morgan fingerprint density at radius 3 is 2.65 bits per heavy atom. The van der Waals surface area contributed by atoms with Crippen LogP contribution in [0.4, 0.5) is 4.39 Å². The molecule has 0 bridgehead atoms. The van der Waals surface area contributed by atoms with Gasteiger partial charge in [-0.25, -0.2) is 4.39 Å². The number of hydrogen-bond acceptors (Lipinski definition) is 4. The van der Waals surface area contributed by atoms with Gasteiger partial charge in [-0.05, 0) is 19.4 Å². The lowest BCUT2D eigenvalue weighted by atomic mass is 9.94. The Hall–Kier alpha value is -0.620. The van der Waals surface area contributed by atoms with Gasteiger partial charge in [-0.15, -0.1) is 0 Å². The highest BCUT2D eigenvalue weighted by molar-refractivity contribution is 7.88. The van der Waals surface area contributed by atoms with Gasteiger partial charge in [0.25, 0.3) is 0 Å². The largest absolute Gasteiger partial charge is 0.307 e. The molecule has 0 aromatic heterocycles. The third-order valence-electron chi connectivity index (χ3n) is 2.56. The van der Waals surface area contributed by atoms with Gasteiger partial charge >= 0.3 is 0 Å². The molecule has 2 N–H and O–H groups in total. The molecular weight excluding hydrogens is 241 g/mol. The number of hydrogen-bond donors (Lipinski definition) is 2. The first-order chi connectivity index (χ1) is 8.06. The van der Waals surface area contributed by atoms with Crippen LogP contribution in [0, 0.1) is 0 Å². The summed E-state index contributed by atoms with van der Waals surface area (Å²) < 4.78 is 26.2. The van der Waals surface area contributed by atoms with Crippen LogP contribution in [-0.4, -0.2) is 23.9 Å². The van der Waals surface area contributed by atoms with Gasteiger partial charge in [0.05, 0.1) is 6.61 Å². The highest BCUT2D eigenvalue weighted by Gasteiger charge is 2.21. The fraction of sp³-hybridized carbons (Fsp3) is 0.500. The van der Waals surface area contributed by atoms with Crippen LogP contribution in [0.1, 0.15) is 19.4 Å². The molecule has 0 heterocycles. The summed E-state index contributed by atoms with van der Waals surface area (Å²) in [6, 6.07) is 9.86. The molecule has 0 aliphatic carbocycles. The second kappa shape index (κ2) is 6.96. The summed E-state index contributed by atoms with van der Waals surface area (Å²) in [4.78, 5) is 0. The van der Waals surface area contributed by atoms with Crippen molar-refractivity contribution in [2.45, 2.75) is 25.6 Å². The van der Waals surface area contributed by atoms with Gasteiger partial charge in [-0.2, -0.15) is 0 Å². The van der Waals surface area contributed by atoms with Crippen molar-refractivity contribution in [3.8, 4) is 0 Å². The fourth-order valence-electron chi connectivity index (χ4n) is 1.49. The molecule has 1 atom stereocenters. The summed E-state index contributed by atoms with van der Waals surface area (Å²) in [5.41, 5.74) is 0.808. The highest BCUT2D eigenvalue weighted by atomic mass is 32.2. The van der Waals surface area contributed by atoms with E-state index in [4.69, 9.17) is 4.55 Å². The molecule has 1 aromatic rings. The predicted octanol–water partition coefficient (Wildman–Crippen LogP) is 2.99. The van der Waals surface area contributed by atoms with Crippen LogP contribution in [0.15, 0.2) is 30.3 Å². The van der Waals surface area contributed by atoms with E-state index in [-0.39, 0.29) is 31.0 Å². The molecule has 0 saturated carbocycles. The van der Waals surface area contributed by atoms with Gasteiger partial charge in [0.1, 0.15) is 6.17 Å². The van der Waals surface area contributed by atoms with E-state index in [1.165, 1.54) is 0 Å². The Labute approximate surface area is 106 Å². The average Bonchev–Trinajstić information content (AvgIpc) is 2.35. The number of benzene rings is 1. The smallest absolute Gasteiger partial charge is 0.155 e. The predicted molar refractivity (Wildman–Crippen MR) is 68.5 cm³/mol. The molecule has 0 aliphatic heterocycles. The first-order valence-corrected chi connectivity index (χ1v) is 6.14. The van der Waals surface area contributed by atoms with Crippen molar-refractivity contribution in [1.29, 1.82) is 0 Å². The lowest BCUT2D eigenvalue weighted by Crippen LogP contribution is -2.41. The molecule has 3 nitrogen and oxygen atoms in total. The standard InChI is InChI=1S/C12H18FNO2S/c1-12(2,10-6-4-3-5-7-10)14-8-11(13)9-16-17-15/h3-7,11,14-15H,8-9H2,1-2H3. The molecule has 0 radical (unpaired) electrons. The van der Waals surface area contributed by atoms with Crippen LogP contribution in [-0.2, 0) is 9.72 Å². The van der Waals surface area contributed by atoms with Crippen molar-refractivity contribution < 1.29 is 13.1 Å². The summed E-state index contributed by atoms with van der Waals surface area (Å²) in [6.45, 7) is 4.05. The van der Waals surface area contributed by atoms with Gasteiger partial charge in [0, 0.05) is 12.1 Å². The quantitative estimate of drug-likeness (QED) is 0.739. The lowest BCUT2D eigenvalue weighted by Gasteiger charge is -2.27. The number of alkyl halides is 1. The molecule has 1 aromatic carbocycles. The second-order valence-electron chi connectivity index (χ2n) is 4.33. The Kier molecular flexibility index (Phi) is 5.91. The zero-order valence-corrected chi connectivity index (χ0v) is 10.8. The summed E-state index contributed by atoms with van der Waals surface area (Å²) in [6.07, 6.45) is -1.14. The van der Waals surface area contributed by atoms with Crippen molar-refractivity contribution >= 4 is 12.3 Å². The van der Waals surface area contributed by atoms with Crippen molar-refractivity contribution in [3.05, 3.63) is 35.9 Å². The van der Waals surface area contributed by atoms with Crippen LogP contribution in [0.3, 0.4) is 0 Å². The van der Waals surface area contributed by atoms with Gasteiger partial charge in [0.15, 0.2) is 12.3 Å². The van der Waals surface area contributed by atoms with E-state index in [2.05, 4.69) is 9.50 Å². The summed E-state index contributed by atoms with van der Waals surface area (Å²) in [7, 11) is 0. The van der Waals surface area contributed by atoms with Gasteiger partial charge < -0.3 is 9.87 Å². The number of nitrogens with one attached hydrogen (secondary N) is 1. The van der Waals surface area contributed by atoms with Crippen LogP contribution in [0.25, 0.3) is 0 Å². The topological polar surface area (TPSA) is 41.5 Å². The Morgan fingerprint density at radius 2 is 2.06 bits per heavy atom. The molecule has 1 unspecified atom stereocenters. The molecule has 96 valence electrons. The van der Waals surface area contributed by atoms with Crippen molar-refractivity contribution in [3.63, 3.8) is 0 Å². The third-order valence-corrected chi connectivity index (χ3v) is 2.80. The van der Waals surface area contributed by atoms with E-state index in [1.807, 2.05) is 44.2 Å². The molecule has 1 rings (SSSR count). The maximum atomic E-state index is 13.3. The maximum Gasteiger partial charge on any atom is 0.155 e. The zero-order chi connectivity index (χ0) is 12.7.